The van der Waals surface area contributed by atoms with Crippen molar-refractivity contribution in [3.63, 3.8) is 0 Å². The highest BCUT2D eigenvalue weighted by Crippen LogP contribution is 2.36. The molecule has 2 saturated heterocycles. The first-order valence-electron chi connectivity index (χ1n) is 20.3. The number of aryl methyl sites for hydroxylation is 2. The number of nitrogens with one attached hydrogen (secondary N) is 1. The SMILES string of the molecule is Cc1ccc2c(N3CCCC(CN)C3)nc(-c3ccccc3O)nc2c1.Cc1ccc2c(N3CCCC(CNC(=O)C4CC4)C3)nc(-c3ccccc3O)nc2c1. The third kappa shape index (κ3) is 8.63. The number of anilines is 2. The van der Waals surface area contributed by atoms with Gasteiger partial charge in [-0.25, -0.2) is 19.9 Å². The summed E-state index contributed by atoms with van der Waals surface area (Å²) in [5, 5.41) is 25.8. The molecule has 2 atom stereocenters. The van der Waals surface area contributed by atoms with Gasteiger partial charge in [0, 0.05) is 49.4 Å². The van der Waals surface area contributed by atoms with Crippen molar-refractivity contribution in [1.29, 1.82) is 0 Å². The fraction of sp³-hybridized carbons (Fsp3) is 0.370. The Labute approximate surface area is 334 Å². The van der Waals surface area contributed by atoms with Crippen molar-refractivity contribution in [2.75, 3.05) is 49.1 Å². The zero-order valence-corrected chi connectivity index (χ0v) is 32.9. The number of nitrogens with two attached hydrogens (primary N) is 1. The van der Waals surface area contributed by atoms with Crippen LogP contribution in [-0.4, -0.2) is 75.3 Å². The zero-order chi connectivity index (χ0) is 39.5. The summed E-state index contributed by atoms with van der Waals surface area (Å²) in [5.41, 5.74) is 11.3. The molecular formula is C46H52N8O3. The number of phenolic OH excluding ortho intramolecular Hbond substituents is 2. The van der Waals surface area contributed by atoms with E-state index in [1.54, 1.807) is 24.3 Å². The molecule has 0 radical (unpaired) electrons. The molecule has 3 fully saturated rings. The summed E-state index contributed by atoms with van der Waals surface area (Å²) in [4.78, 5) is 36.0. The molecule has 2 aliphatic heterocycles. The highest BCUT2D eigenvalue weighted by atomic mass is 16.3. The summed E-state index contributed by atoms with van der Waals surface area (Å²) in [6, 6.07) is 27.0. The Bertz CT molecular complexity index is 2400. The number of aromatic hydroxyl groups is 2. The maximum Gasteiger partial charge on any atom is 0.223 e. The standard InChI is InChI=1S/C25H28N4O2.C21H24N4O/c1-16-8-11-19-21(13-16)27-23(20-6-2-3-7-22(20)30)28-24(19)29-12-4-5-17(15-29)14-26-25(31)18-9-10-18;1-14-8-9-16-18(11-14)23-20(17-6-2-3-7-19(17)26)24-21(16)25-10-4-5-15(12-22)13-25/h2-3,6-8,11,13,17-18,30H,4-5,9-10,12,14-15H2,1H3,(H,26,31);2-3,6-9,11,15,26H,4-5,10,12-13,22H2,1H3. The van der Waals surface area contributed by atoms with E-state index in [1.165, 1.54) is 6.42 Å². The molecule has 1 aliphatic carbocycles. The minimum atomic E-state index is 0.180. The van der Waals surface area contributed by atoms with Crippen LogP contribution in [0.5, 0.6) is 11.5 Å². The van der Waals surface area contributed by atoms with Crippen LogP contribution in [0.4, 0.5) is 11.6 Å². The number of fused-ring (bicyclic) bond motifs is 2. The van der Waals surface area contributed by atoms with E-state index in [-0.39, 0.29) is 23.3 Å². The molecule has 0 spiro atoms. The Hall–Kier alpha value is -5.81. The largest absolute Gasteiger partial charge is 0.507 e. The Kier molecular flexibility index (Phi) is 11.2. The lowest BCUT2D eigenvalue weighted by molar-refractivity contribution is -0.122. The first-order valence-corrected chi connectivity index (χ1v) is 20.3. The first kappa shape index (κ1) is 38.1. The lowest BCUT2D eigenvalue weighted by atomic mass is 9.97. The number of phenols is 2. The van der Waals surface area contributed by atoms with Crippen LogP contribution >= 0.6 is 0 Å². The normalized spacial score (nSPS) is 18.3. The lowest BCUT2D eigenvalue weighted by Gasteiger charge is -2.34. The third-order valence-corrected chi connectivity index (χ3v) is 11.4. The summed E-state index contributed by atoms with van der Waals surface area (Å²) in [6.07, 6.45) is 6.52. The van der Waals surface area contributed by atoms with E-state index < -0.39 is 0 Å². The molecule has 6 aromatic rings. The van der Waals surface area contributed by atoms with Crippen LogP contribution in [-0.2, 0) is 4.79 Å². The van der Waals surface area contributed by atoms with Gasteiger partial charge in [-0.1, -0.05) is 36.4 Å². The van der Waals surface area contributed by atoms with Crippen molar-refractivity contribution in [2.24, 2.45) is 23.5 Å². The monoisotopic (exact) mass is 764 g/mol. The van der Waals surface area contributed by atoms with Gasteiger partial charge in [0.25, 0.3) is 0 Å². The Morgan fingerprint density at radius 1 is 0.684 bits per heavy atom. The average molecular weight is 765 g/mol. The molecule has 57 heavy (non-hydrogen) atoms. The van der Waals surface area contributed by atoms with Gasteiger partial charge >= 0.3 is 0 Å². The molecule has 5 N–H and O–H groups in total. The van der Waals surface area contributed by atoms with Crippen molar-refractivity contribution >= 4 is 39.3 Å². The summed E-state index contributed by atoms with van der Waals surface area (Å²) >= 11 is 0. The van der Waals surface area contributed by atoms with Crippen LogP contribution in [0.2, 0.25) is 0 Å². The van der Waals surface area contributed by atoms with E-state index in [4.69, 9.17) is 25.7 Å². The van der Waals surface area contributed by atoms with Gasteiger partial charge in [-0.15, -0.1) is 0 Å². The van der Waals surface area contributed by atoms with Gasteiger partial charge in [0.1, 0.15) is 23.1 Å². The van der Waals surface area contributed by atoms with Crippen molar-refractivity contribution in [1.82, 2.24) is 25.3 Å². The molecule has 11 nitrogen and oxygen atoms in total. The van der Waals surface area contributed by atoms with Crippen LogP contribution in [0, 0.1) is 31.6 Å². The predicted octanol–water partition coefficient (Wildman–Crippen LogP) is 7.54. The molecule has 2 aromatic heterocycles. The Morgan fingerprint density at radius 3 is 1.67 bits per heavy atom. The molecule has 11 heteroatoms. The number of carbonyl (C=O) groups excluding carboxylic acids is 1. The molecule has 2 unspecified atom stereocenters. The fourth-order valence-corrected chi connectivity index (χ4v) is 8.10. The van der Waals surface area contributed by atoms with Crippen LogP contribution in [0.15, 0.2) is 84.9 Å². The van der Waals surface area contributed by atoms with E-state index in [0.29, 0.717) is 41.2 Å². The van der Waals surface area contributed by atoms with Crippen LogP contribution in [0.3, 0.4) is 0 Å². The average Bonchev–Trinajstić information content (AvgIpc) is 4.09. The smallest absolute Gasteiger partial charge is 0.223 e. The fourth-order valence-electron chi connectivity index (χ4n) is 8.10. The molecule has 4 heterocycles. The lowest BCUT2D eigenvalue weighted by Crippen LogP contribution is -2.41. The molecule has 4 aromatic carbocycles. The van der Waals surface area contributed by atoms with E-state index >= 15 is 0 Å². The number of rotatable bonds is 8. The number of amides is 1. The van der Waals surface area contributed by atoms with E-state index in [1.807, 2.05) is 24.3 Å². The maximum atomic E-state index is 12.1. The van der Waals surface area contributed by atoms with Crippen molar-refractivity contribution in [3.8, 4) is 34.3 Å². The summed E-state index contributed by atoms with van der Waals surface area (Å²) in [6.45, 7) is 9.20. The number of aromatic nitrogens is 4. The second kappa shape index (κ2) is 16.7. The topological polar surface area (TPSA) is 154 Å². The number of para-hydroxylation sites is 2. The maximum absolute atomic E-state index is 12.1. The highest BCUT2D eigenvalue weighted by molar-refractivity contribution is 5.93. The summed E-state index contributed by atoms with van der Waals surface area (Å²) in [5.74, 6) is 4.67. The van der Waals surface area contributed by atoms with Gasteiger partial charge in [-0.2, -0.15) is 0 Å². The van der Waals surface area contributed by atoms with Crippen LogP contribution < -0.4 is 20.9 Å². The van der Waals surface area contributed by atoms with E-state index in [0.717, 1.165) is 109 Å². The van der Waals surface area contributed by atoms with Crippen molar-refractivity contribution < 1.29 is 15.0 Å². The molecule has 0 bridgehead atoms. The number of hydrogen-bond donors (Lipinski definition) is 4. The van der Waals surface area contributed by atoms with Gasteiger partial charge in [0.05, 0.1) is 22.2 Å². The van der Waals surface area contributed by atoms with Crippen molar-refractivity contribution in [3.05, 3.63) is 96.1 Å². The third-order valence-electron chi connectivity index (χ3n) is 11.4. The second-order valence-electron chi connectivity index (χ2n) is 16.0. The number of hydrogen-bond acceptors (Lipinski definition) is 10. The van der Waals surface area contributed by atoms with Gasteiger partial charge in [0.2, 0.25) is 5.91 Å². The molecule has 9 rings (SSSR count). The van der Waals surface area contributed by atoms with Gasteiger partial charge in [-0.05, 0) is 130 Å². The number of piperidine rings is 2. The summed E-state index contributed by atoms with van der Waals surface area (Å²) < 4.78 is 0. The first-order chi connectivity index (χ1) is 27.7. The highest BCUT2D eigenvalue weighted by Gasteiger charge is 2.31. The molecular weight excluding hydrogens is 713 g/mol. The number of carbonyl (C=O) groups is 1. The number of benzene rings is 4. The number of nitrogens with zero attached hydrogens (tertiary/aromatic N) is 6. The van der Waals surface area contributed by atoms with Gasteiger partial charge < -0.3 is 31.1 Å². The van der Waals surface area contributed by atoms with E-state index in [9.17, 15) is 15.0 Å². The summed E-state index contributed by atoms with van der Waals surface area (Å²) in [7, 11) is 0. The second-order valence-corrected chi connectivity index (χ2v) is 16.0. The van der Waals surface area contributed by atoms with Gasteiger partial charge in [-0.3, -0.25) is 4.79 Å². The molecule has 3 aliphatic rings. The molecule has 1 amide bonds. The molecule has 1 saturated carbocycles. The van der Waals surface area contributed by atoms with E-state index in [2.05, 4.69) is 65.4 Å². The minimum Gasteiger partial charge on any atom is -0.507 e. The Balaban J connectivity index is 0.000000162. The zero-order valence-electron chi connectivity index (χ0n) is 32.9. The molecule has 294 valence electrons. The Morgan fingerprint density at radius 2 is 1.18 bits per heavy atom. The van der Waals surface area contributed by atoms with Crippen LogP contribution in [0.1, 0.15) is 49.7 Å². The minimum absolute atomic E-state index is 0.180. The van der Waals surface area contributed by atoms with Gasteiger partial charge in [0.15, 0.2) is 11.6 Å². The van der Waals surface area contributed by atoms with Crippen LogP contribution in [0.25, 0.3) is 44.6 Å². The quantitative estimate of drug-likeness (QED) is 0.122. The van der Waals surface area contributed by atoms with Crippen molar-refractivity contribution in [2.45, 2.75) is 52.4 Å². The predicted molar refractivity (Wildman–Crippen MR) is 227 cm³/mol.